The van der Waals surface area contributed by atoms with Gasteiger partial charge in [-0.15, -0.1) is 10.2 Å². The quantitative estimate of drug-likeness (QED) is 0.647. The Kier molecular flexibility index (Phi) is 1.25. The van der Waals surface area contributed by atoms with Crippen LogP contribution in [-0.2, 0) is 6.54 Å². The fraction of sp³-hybridized carbons (Fsp3) is 0.875. The second-order valence-corrected chi connectivity index (χ2v) is 3.91. The Bertz CT molecular complexity index is 259. The average molecular weight is 164 g/mol. The molecule has 3 atom stereocenters. The monoisotopic (exact) mass is 164 g/mol. The van der Waals surface area contributed by atoms with Crippen molar-refractivity contribution < 1.29 is 0 Å². The molecule has 0 radical (unpaired) electrons. The molecule has 0 aromatic carbocycles. The van der Waals surface area contributed by atoms with E-state index < -0.39 is 0 Å². The Morgan fingerprint density at radius 3 is 2.83 bits per heavy atom. The minimum Gasteiger partial charge on any atom is -0.164 e. The average Bonchev–Trinajstić information content (AvgIpc) is 2.59. The van der Waals surface area contributed by atoms with E-state index >= 15 is 0 Å². The van der Waals surface area contributed by atoms with Crippen LogP contribution in [0.3, 0.4) is 0 Å². The Balaban J connectivity index is 1.65. The van der Waals surface area contributed by atoms with Crippen LogP contribution >= 0.6 is 0 Å². The number of aromatic nitrogens is 4. The van der Waals surface area contributed by atoms with Crippen molar-refractivity contribution in [1.29, 1.82) is 0 Å². The zero-order chi connectivity index (χ0) is 7.97. The summed E-state index contributed by atoms with van der Waals surface area (Å²) < 4.78 is 0. The summed E-state index contributed by atoms with van der Waals surface area (Å²) >= 11 is 0. The molecule has 2 aliphatic carbocycles. The zero-order valence-electron chi connectivity index (χ0n) is 6.93. The molecule has 1 aromatic heterocycles. The molecule has 64 valence electrons. The van der Waals surface area contributed by atoms with Crippen LogP contribution in [-0.4, -0.2) is 20.2 Å². The molecule has 0 spiro atoms. The van der Waals surface area contributed by atoms with Gasteiger partial charge >= 0.3 is 0 Å². The fourth-order valence-corrected chi connectivity index (χ4v) is 2.70. The van der Waals surface area contributed by atoms with Gasteiger partial charge in [-0.1, -0.05) is 6.42 Å². The zero-order valence-corrected chi connectivity index (χ0v) is 6.93. The van der Waals surface area contributed by atoms with Crippen LogP contribution < -0.4 is 0 Å². The van der Waals surface area contributed by atoms with Crippen LogP contribution in [0.25, 0.3) is 0 Å². The lowest BCUT2D eigenvalue weighted by atomic mass is 10.1. The molecule has 0 saturated heterocycles. The van der Waals surface area contributed by atoms with Gasteiger partial charge in [0.05, 0.1) is 6.54 Å². The number of hydrogen-bond acceptors (Lipinski definition) is 3. The summed E-state index contributed by atoms with van der Waals surface area (Å²) in [6.07, 6.45) is 5.82. The van der Waals surface area contributed by atoms with E-state index in [1.54, 1.807) is 4.80 Å². The van der Waals surface area contributed by atoms with Crippen molar-refractivity contribution in [2.75, 3.05) is 0 Å². The van der Waals surface area contributed by atoms with Gasteiger partial charge in [-0.2, -0.15) is 4.80 Å². The number of hydrogen-bond donors (Lipinski definition) is 0. The van der Waals surface area contributed by atoms with Crippen molar-refractivity contribution in [1.82, 2.24) is 20.2 Å². The summed E-state index contributed by atoms with van der Waals surface area (Å²) in [5.41, 5.74) is 0. The van der Waals surface area contributed by atoms with Gasteiger partial charge in [-0.05, 0) is 35.8 Å². The van der Waals surface area contributed by atoms with Crippen LogP contribution in [0, 0.1) is 17.8 Å². The Morgan fingerprint density at radius 1 is 1.33 bits per heavy atom. The molecule has 3 rings (SSSR count). The van der Waals surface area contributed by atoms with Gasteiger partial charge in [0.1, 0.15) is 0 Å². The predicted molar refractivity (Wildman–Crippen MR) is 42.1 cm³/mol. The number of rotatable bonds is 2. The second kappa shape index (κ2) is 2.28. The molecule has 4 heteroatoms. The van der Waals surface area contributed by atoms with Crippen LogP contribution in [0.15, 0.2) is 6.33 Å². The highest BCUT2D eigenvalue weighted by atomic mass is 15.6. The Morgan fingerprint density at radius 2 is 2.17 bits per heavy atom. The van der Waals surface area contributed by atoms with Crippen LogP contribution in [0.1, 0.15) is 19.3 Å². The first kappa shape index (κ1) is 6.57. The molecule has 2 fully saturated rings. The molecule has 1 unspecified atom stereocenters. The van der Waals surface area contributed by atoms with Gasteiger partial charge < -0.3 is 0 Å². The third-order valence-corrected chi connectivity index (χ3v) is 3.35. The molecular formula is C8H12N4. The molecule has 0 aliphatic heterocycles. The van der Waals surface area contributed by atoms with Crippen molar-refractivity contribution in [3.05, 3.63) is 6.33 Å². The van der Waals surface area contributed by atoms with E-state index in [1.165, 1.54) is 25.6 Å². The fourth-order valence-electron chi connectivity index (χ4n) is 2.70. The topological polar surface area (TPSA) is 43.6 Å². The molecule has 1 aromatic rings. The molecule has 2 saturated carbocycles. The first-order valence-corrected chi connectivity index (χ1v) is 4.66. The lowest BCUT2D eigenvalue weighted by Gasteiger charge is -2.00. The summed E-state index contributed by atoms with van der Waals surface area (Å²) in [5, 5.41) is 11.6. The van der Waals surface area contributed by atoms with Gasteiger partial charge in [0.2, 0.25) is 0 Å². The largest absolute Gasteiger partial charge is 0.164 e. The summed E-state index contributed by atoms with van der Waals surface area (Å²) in [4.78, 5) is 1.73. The van der Waals surface area contributed by atoms with Gasteiger partial charge in [0, 0.05) is 0 Å². The third kappa shape index (κ3) is 0.869. The number of fused-ring (bicyclic) bond motifs is 1. The molecule has 0 amide bonds. The number of nitrogens with zero attached hydrogens (tertiary/aromatic N) is 4. The lowest BCUT2D eigenvalue weighted by molar-refractivity contribution is 0.432. The van der Waals surface area contributed by atoms with E-state index in [4.69, 9.17) is 0 Å². The first-order valence-electron chi connectivity index (χ1n) is 4.66. The van der Waals surface area contributed by atoms with Gasteiger partial charge in [-0.3, -0.25) is 0 Å². The van der Waals surface area contributed by atoms with E-state index in [0.29, 0.717) is 0 Å². The van der Waals surface area contributed by atoms with Gasteiger partial charge in [-0.25, -0.2) is 0 Å². The highest BCUT2D eigenvalue weighted by Crippen LogP contribution is 2.57. The maximum Gasteiger partial charge on any atom is 0.162 e. The van der Waals surface area contributed by atoms with Gasteiger partial charge in [0.25, 0.3) is 0 Å². The molecule has 0 bridgehead atoms. The van der Waals surface area contributed by atoms with Crippen molar-refractivity contribution in [3.8, 4) is 0 Å². The van der Waals surface area contributed by atoms with E-state index in [-0.39, 0.29) is 0 Å². The minimum absolute atomic E-state index is 0.868. The molecule has 1 heterocycles. The maximum absolute atomic E-state index is 4.02. The van der Waals surface area contributed by atoms with Crippen molar-refractivity contribution in [3.63, 3.8) is 0 Å². The first-order chi connectivity index (χ1) is 5.95. The minimum atomic E-state index is 0.868. The second-order valence-electron chi connectivity index (χ2n) is 3.91. The molecule has 4 nitrogen and oxygen atoms in total. The van der Waals surface area contributed by atoms with Crippen molar-refractivity contribution in [2.24, 2.45) is 17.8 Å². The normalized spacial score (nSPS) is 38.2. The smallest absolute Gasteiger partial charge is 0.162 e. The standard InChI is InChI=1S/C8H12N4/c1-2-6-7(3-1)8(6)4-12-10-5-9-11-12/h5-8H,1-4H2/t6-,7+,8?. The lowest BCUT2D eigenvalue weighted by Crippen LogP contribution is -2.06. The number of tetrazole rings is 1. The molecule has 12 heavy (non-hydrogen) atoms. The summed E-state index contributed by atoms with van der Waals surface area (Å²) in [6.45, 7) is 0.995. The Hall–Kier alpha value is -0.930. The summed E-state index contributed by atoms with van der Waals surface area (Å²) in [5.74, 6) is 2.86. The van der Waals surface area contributed by atoms with Crippen LogP contribution in [0.4, 0.5) is 0 Å². The predicted octanol–water partition coefficient (Wildman–Crippen LogP) is 0.719. The highest BCUT2D eigenvalue weighted by Gasteiger charge is 2.52. The SMILES string of the molecule is c1nnn(CC2[C@H]3CCC[C@@H]23)n1. The Labute approximate surface area is 71.0 Å². The summed E-state index contributed by atoms with van der Waals surface area (Å²) in [6, 6.07) is 0. The van der Waals surface area contributed by atoms with Crippen LogP contribution in [0.2, 0.25) is 0 Å². The highest BCUT2D eigenvalue weighted by molar-refractivity contribution is 5.00. The van der Waals surface area contributed by atoms with E-state index in [1.807, 2.05) is 0 Å². The molecule has 2 aliphatic rings. The maximum atomic E-state index is 4.02. The molecule has 0 N–H and O–H groups in total. The van der Waals surface area contributed by atoms with E-state index in [0.717, 1.165) is 24.3 Å². The van der Waals surface area contributed by atoms with Crippen LogP contribution in [0.5, 0.6) is 0 Å². The molecular weight excluding hydrogens is 152 g/mol. The van der Waals surface area contributed by atoms with E-state index in [9.17, 15) is 0 Å². The van der Waals surface area contributed by atoms with Crippen molar-refractivity contribution in [2.45, 2.75) is 25.8 Å². The summed E-state index contributed by atoms with van der Waals surface area (Å²) in [7, 11) is 0. The van der Waals surface area contributed by atoms with Gasteiger partial charge in [0.15, 0.2) is 6.33 Å². The third-order valence-electron chi connectivity index (χ3n) is 3.35. The van der Waals surface area contributed by atoms with Crippen molar-refractivity contribution >= 4 is 0 Å². The van der Waals surface area contributed by atoms with E-state index in [2.05, 4.69) is 15.4 Å².